The minimum absolute atomic E-state index is 0.0985. The van der Waals surface area contributed by atoms with Gasteiger partial charge in [0.2, 0.25) is 5.91 Å². The van der Waals surface area contributed by atoms with Crippen molar-refractivity contribution in [3.8, 4) is 0 Å². The van der Waals surface area contributed by atoms with E-state index in [2.05, 4.69) is 5.32 Å². The number of carbonyl (C=O) groups excluding carboxylic acids is 1. The molecule has 0 saturated heterocycles. The number of aromatic nitrogens is 1. The summed E-state index contributed by atoms with van der Waals surface area (Å²) < 4.78 is 2.10. The minimum atomic E-state index is -0.288. The lowest BCUT2D eigenvalue weighted by atomic mass is 10.1. The Balaban J connectivity index is 2.20. The summed E-state index contributed by atoms with van der Waals surface area (Å²) in [6.07, 6.45) is 1.63. The average Bonchev–Trinajstić information content (AvgIpc) is 2.81. The molecule has 2 aromatic heterocycles. The molecule has 2 rings (SSSR count). The molecular weight excluding hydrogens is 296 g/mol. The standard InChI is InChI=1S/C14H15ClN2O2S/c1-8-6-13(18)17(3)7-10(8)16-14(19)9(2)11-4-5-12(15)20-11/h4-7,9H,1-3H3,(H,16,19)/t9-/m0/s1. The van der Waals surface area contributed by atoms with Crippen LogP contribution in [0.2, 0.25) is 4.34 Å². The second-order valence-corrected chi connectivity index (χ2v) is 6.42. The van der Waals surface area contributed by atoms with Crippen LogP contribution in [-0.4, -0.2) is 10.5 Å². The number of anilines is 1. The van der Waals surface area contributed by atoms with Crippen molar-refractivity contribution in [2.45, 2.75) is 19.8 Å². The highest BCUT2D eigenvalue weighted by atomic mass is 35.5. The van der Waals surface area contributed by atoms with Crippen LogP contribution in [0.1, 0.15) is 23.3 Å². The first kappa shape index (κ1) is 14.8. The maximum atomic E-state index is 12.2. The summed E-state index contributed by atoms with van der Waals surface area (Å²) in [5.74, 6) is -0.408. The molecule has 1 N–H and O–H groups in total. The number of hydrogen-bond acceptors (Lipinski definition) is 3. The summed E-state index contributed by atoms with van der Waals surface area (Å²) in [5, 5.41) is 2.85. The Kier molecular flexibility index (Phi) is 4.30. The van der Waals surface area contributed by atoms with Crippen LogP contribution >= 0.6 is 22.9 Å². The highest BCUT2D eigenvalue weighted by molar-refractivity contribution is 7.16. The van der Waals surface area contributed by atoms with Crippen molar-refractivity contribution in [3.63, 3.8) is 0 Å². The van der Waals surface area contributed by atoms with E-state index in [0.717, 1.165) is 10.4 Å². The van der Waals surface area contributed by atoms with Crippen LogP contribution in [0, 0.1) is 6.92 Å². The predicted molar refractivity (Wildman–Crippen MR) is 82.8 cm³/mol. The third-order valence-corrected chi connectivity index (χ3v) is 4.52. The van der Waals surface area contributed by atoms with Crippen LogP contribution in [0.25, 0.3) is 0 Å². The van der Waals surface area contributed by atoms with E-state index in [9.17, 15) is 9.59 Å². The van der Waals surface area contributed by atoms with E-state index >= 15 is 0 Å². The molecule has 0 radical (unpaired) electrons. The number of carbonyl (C=O) groups is 1. The average molecular weight is 311 g/mol. The Bertz CT molecular complexity index is 705. The molecule has 0 unspecified atom stereocenters. The van der Waals surface area contributed by atoms with Gasteiger partial charge in [-0.15, -0.1) is 11.3 Å². The normalized spacial score (nSPS) is 12.2. The Labute approximate surface area is 126 Å². The van der Waals surface area contributed by atoms with Crippen molar-refractivity contribution in [2.75, 3.05) is 5.32 Å². The largest absolute Gasteiger partial charge is 0.324 e. The molecule has 0 bridgehead atoms. The van der Waals surface area contributed by atoms with E-state index in [1.165, 1.54) is 22.0 Å². The molecule has 0 aromatic carbocycles. The monoisotopic (exact) mass is 310 g/mol. The molecule has 0 aliphatic heterocycles. The van der Waals surface area contributed by atoms with Crippen LogP contribution in [-0.2, 0) is 11.8 Å². The van der Waals surface area contributed by atoms with E-state index in [4.69, 9.17) is 11.6 Å². The van der Waals surface area contributed by atoms with Gasteiger partial charge in [0.25, 0.3) is 5.56 Å². The zero-order valence-corrected chi connectivity index (χ0v) is 13.0. The van der Waals surface area contributed by atoms with Crippen molar-refractivity contribution in [1.82, 2.24) is 4.57 Å². The first-order valence-electron chi connectivity index (χ1n) is 6.12. The lowest BCUT2D eigenvalue weighted by Gasteiger charge is -2.13. The van der Waals surface area contributed by atoms with Gasteiger partial charge in [-0.2, -0.15) is 0 Å². The van der Waals surface area contributed by atoms with Gasteiger partial charge in [0.05, 0.1) is 15.9 Å². The van der Waals surface area contributed by atoms with Gasteiger partial charge < -0.3 is 9.88 Å². The van der Waals surface area contributed by atoms with E-state index in [0.29, 0.717) is 10.0 Å². The van der Waals surface area contributed by atoms with Gasteiger partial charge in [-0.25, -0.2) is 0 Å². The summed E-state index contributed by atoms with van der Waals surface area (Å²) in [4.78, 5) is 24.6. The molecule has 2 aromatic rings. The molecule has 1 atom stereocenters. The molecule has 20 heavy (non-hydrogen) atoms. The molecule has 0 spiro atoms. The van der Waals surface area contributed by atoms with Gasteiger partial charge in [-0.1, -0.05) is 11.6 Å². The topological polar surface area (TPSA) is 51.1 Å². The number of pyridine rings is 1. The van der Waals surface area contributed by atoms with Gasteiger partial charge in [0.1, 0.15) is 0 Å². The number of aryl methyl sites for hydroxylation is 2. The smallest absolute Gasteiger partial charge is 0.250 e. The Hall–Kier alpha value is -1.59. The van der Waals surface area contributed by atoms with Gasteiger partial charge in [0.15, 0.2) is 0 Å². The molecule has 1 amide bonds. The fourth-order valence-electron chi connectivity index (χ4n) is 1.79. The maximum Gasteiger partial charge on any atom is 0.250 e. The predicted octanol–water partition coefficient (Wildman–Crippen LogP) is 3.15. The van der Waals surface area contributed by atoms with E-state index in [1.807, 2.05) is 13.0 Å². The summed E-state index contributed by atoms with van der Waals surface area (Å²) in [6.45, 7) is 3.62. The van der Waals surface area contributed by atoms with Gasteiger partial charge in [-0.3, -0.25) is 9.59 Å². The SMILES string of the molecule is Cc1cc(=O)n(C)cc1NC(=O)[C@@H](C)c1ccc(Cl)s1. The molecule has 0 saturated carbocycles. The molecule has 0 aliphatic rings. The van der Waals surface area contributed by atoms with Crippen molar-refractivity contribution in [2.24, 2.45) is 7.05 Å². The van der Waals surface area contributed by atoms with Crippen LogP contribution in [0.15, 0.2) is 29.2 Å². The first-order valence-corrected chi connectivity index (χ1v) is 7.31. The van der Waals surface area contributed by atoms with E-state index in [1.54, 1.807) is 26.2 Å². The van der Waals surface area contributed by atoms with Gasteiger partial charge >= 0.3 is 0 Å². The number of thiophene rings is 1. The summed E-state index contributed by atoms with van der Waals surface area (Å²) in [6, 6.07) is 5.13. The lowest BCUT2D eigenvalue weighted by Crippen LogP contribution is -2.22. The molecule has 2 heterocycles. The molecule has 6 heteroatoms. The zero-order chi connectivity index (χ0) is 14.9. The maximum absolute atomic E-state index is 12.2. The van der Waals surface area contributed by atoms with Crippen LogP contribution in [0.5, 0.6) is 0 Å². The van der Waals surface area contributed by atoms with E-state index in [-0.39, 0.29) is 17.4 Å². The van der Waals surface area contributed by atoms with Crippen molar-refractivity contribution < 1.29 is 4.79 Å². The number of rotatable bonds is 3. The van der Waals surface area contributed by atoms with Crippen molar-refractivity contribution in [1.29, 1.82) is 0 Å². The molecule has 0 fully saturated rings. The zero-order valence-electron chi connectivity index (χ0n) is 11.4. The van der Waals surface area contributed by atoms with Crippen LogP contribution in [0.4, 0.5) is 5.69 Å². The van der Waals surface area contributed by atoms with Gasteiger partial charge in [0, 0.05) is 24.2 Å². The van der Waals surface area contributed by atoms with Crippen molar-refractivity contribution in [3.05, 3.63) is 49.5 Å². The number of amides is 1. The highest BCUT2D eigenvalue weighted by Crippen LogP contribution is 2.29. The summed E-state index contributed by atoms with van der Waals surface area (Å²) in [5.41, 5.74) is 1.29. The van der Waals surface area contributed by atoms with Crippen LogP contribution in [0.3, 0.4) is 0 Å². The Morgan fingerprint density at radius 1 is 1.45 bits per heavy atom. The highest BCUT2D eigenvalue weighted by Gasteiger charge is 2.18. The Morgan fingerprint density at radius 3 is 2.75 bits per heavy atom. The molecule has 4 nitrogen and oxygen atoms in total. The number of hydrogen-bond donors (Lipinski definition) is 1. The van der Waals surface area contributed by atoms with E-state index < -0.39 is 0 Å². The second-order valence-electron chi connectivity index (χ2n) is 4.67. The Morgan fingerprint density at radius 2 is 2.15 bits per heavy atom. The third-order valence-electron chi connectivity index (χ3n) is 3.11. The quantitative estimate of drug-likeness (QED) is 0.947. The fourth-order valence-corrected chi connectivity index (χ4v) is 2.90. The number of nitrogens with one attached hydrogen (secondary N) is 1. The number of halogens is 1. The molecule has 106 valence electrons. The van der Waals surface area contributed by atoms with Gasteiger partial charge in [-0.05, 0) is 31.5 Å². The lowest BCUT2D eigenvalue weighted by molar-refractivity contribution is -0.117. The van der Waals surface area contributed by atoms with Crippen molar-refractivity contribution >= 4 is 34.5 Å². The number of nitrogens with zero attached hydrogens (tertiary/aromatic N) is 1. The summed E-state index contributed by atoms with van der Waals surface area (Å²) in [7, 11) is 1.65. The van der Waals surface area contributed by atoms with Crippen LogP contribution < -0.4 is 10.9 Å². The second kappa shape index (κ2) is 5.81. The summed E-state index contributed by atoms with van der Waals surface area (Å²) >= 11 is 7.28. The molecular formula is C14H15ClN2O2S. The third kappa shape index (κ3) is 3.11. The minimum Gasteiger partial charge on any atom is -0.324 e. The fraction of sp³-hybridized carbons (Fsp3) is 0.286. The first-order chi connectivity index (χ1) is 9.38. The molecule has 0 aliphatic carbocycles.